The summed E-state index contributed by atoms with van der Waals surface area (Å²) in [5.74, 6) is 2.00. The van der Waals surface area contributed by atoms with Gasteiger partial charge >= 0.3 is 0 Å². The molecule has 2 aliphatic rings. The van der Waals surface area contributed by atoms with E-state index in [0.717, 1.165) is 18.5 Å². The van der Waals surface area contributed by atoms with E-state index in [1.807, 2.05) is 0 Å². The van der Waals surface area contributed by atoms with E-state index in [-0.39, 0.29) is 0 Å². The summed E-state index contributed by atoms with van der Waals surface area (Å²) in [5, 5.41) is 0. The van der Waals surface area contributed by atoms with Gasteiger partial charge in [0.05, 0.1) is 0 Å². The second-order valence-corrected chi connectivity index (χ2v) is 4.27. The largest absolute Gasteiger partial charge is 0.140 e. The molecule has 0 spiro atoms. The second kappa shape index (κ2) is 3.04. The van der Waals surface area contributed by atoms with Gasteiger partial charge in [-0.05, 0) is 24.7 Å². The molecule has 2 bridgehead atoms. The van der Waals surface area contributed by atoms with Gasteiger partial charge in [0.1, 0.15) is 6.71 Å². The van der Waals surface area contributed by atoms with Crippen LogP contribution in [-0.2, 0) is 0 Å². The van der Waals surface area contributed by atoms with Crippen LogP contribution in [0, 0.1) is 11.8 Å². The molecule has 0 aromatic carbocycles. The lowest BCUT2D eigenvalue weighted by molar-refractivity contribution is 0.420. The number of hydrogen-bond donors (Lipinski definition) is 0. The zero-order valence-corrected chi connectivity index (χ0v) is 7.42. The first-order chi connectivity index (χ1) is 5.38. The Morgan fingerprint density at radius 3 is 3.09 bits per heavy atom. The summed E-state index contributed by atoms with van der Waals surface area (Å²) in [6.07, 6.45) is 12.1. The van der Waals surface area contributed by atoms with E-state index in [2.05, 4.69) is 19.1 Å². The topological polar surface area (TPSA) is 0 Å². The predicted molar refractivity (Wildman–Crippen MR) is 51.2 cm³/mol. The molecule has 0 radical (unpaired) electrons. The lowest BCUT2D eigenvalue weighted by Crippen LogP contribution is -2.28. The molecule has 0 nitrogen and oxygen atoms in total. The molecule has 1 aliphatic carbocycles. The molecule has 2 rings (SSSR count). The highest BCUT2D eigenvalue weighted by Crippen LogP contribution is 2.37. The van der Waals surface area contributed by atoms with E-state index in [0.29, 0.717) is 0 Å². The van der Waals surface area contributed by atoms with Crippen molar-refractivity contribution in [3.05, 3.63) is 12.2 Å². The molecular weight excluding hydrogens is 131 g/mol. The number of hydrogen-bond acceptors (Lipinski definition) is 0. The summed E-state index contributed by atoms with van der Waals surface area (Å²) < 4.78 is 0. The van der Waals surface area contributed by atoms with Crippen LogP contribution < -0.4 is 0 Å². The summed E-state index contributed by atoms with van der Waals surface area (Å²) in [4.78, 5) is 0. The third-order valence-electron chi connectivity index (χ3n) is 3.39. The Morgan fingerprint density at radius 1 is 1.45 bits per heavy atom. The smallest absolute Gasteiger partial charge is 0.0880 e. The van der Waals surface area contributed by atoms with Gasteiger partial charge in [0.15, 0.2) is 0 Å². The van der Waals surface area contributed by atoms with Crippen molar-refractivity contribution in [2.75, 3.05) is 0 Å². The van der Waals surface area contributed by atoms with Gasteiger partial charge in [0, 0.05) is 0 Å². The highest BCUT2D eigenvalue weighted by atomic mass is 14.2. The third kappa shape index (κ3) is 1.52. The van der Waals surface area contributed by atoms with Gasteiger partial charge in [-0.2, -0.15) is 0 Å². The van der Waals surface area contributed by atoms with Crippen molar-refractivity contribution in [2.45, 2.75) is 38.7 Å². The molecule has 0 unspecified atom stereocenters. The van der Waals surface area contributed by atoms with Crippen LogP contribution in [0.3, 0.4) is 0 Å². The molecule has 1 saturated heterocycles. The van der Waals surface area contributed by atoms with E-state index in [1.165, 1.54) is 31.8 Å². The molecule has 1 fully saturated rings. The zero-order chi connectivity index (χ0) is 7.68. The minimum absolute atomic E-state index is 0.951. The predicted octanol–water partition coefficient (Wildman–Crippen LogP) is 3.10. The first-order valence-corrected chi connectivity index (χ1v) is 5.05. The summed E-state index contributed by atoms with van der Waals surface area (Å²) in [7, 11) is 0. The van der Waals surface area contributed by atoms with Crippen molar-refractivity contribution in [1.29, 1.82) is 0 Å². The average Bonchev–Trinajstić information content (AvgIpc) is 2.03. The lowest BCUT2D eigenvalue weighted by Gasteiger charge is -2.34. The maximum absolute atomic E-state index is 2.46. The van der Waals surface area contributed by atoms with Crippen molar-refractivity contribution >= 4 is 6.71 Å². The second-order valence-electron chi connectivity index (χ2n) is 4.27. The Labute approximate surface area is 70.1 Å². The van der Waals surface area contributed by atoms with E-state index >= 15 is 0 Å². The van der Waals surface area contributed by atoms with Gasteiger partial charge in [-0.15, -0.1) is 0 Å². The Morgan fingerprint density at radius 2 is 2.36 bits per heavy atom. The van der Waals surface area contributed by atoms with Crippen molar-refractivity contribution in [3.8, 4) is 0 Å². The fraction of sp³-hybridized carbons (Fsp3) is 0.800. The molecule has 0 N–H and O–H groups in total. The molecule has 11 heavy (non-hydrogen) atoms. The van der Waals surface area contributed by atoms with E-state index < -0.39 is 0 Å². The minimum atomic E-state index is 0.951. The molecule has 0 aromatic rings. The summed E-state index contributed by atoms with van der Waals surface area (Å²) in [6, 6.07) is 0. The molecule has 1 heterocycles. The SMILES string of the molecule is CCB1C[C@@H]2C=CC[C@H](C1)C2. The van der Waals surface area contributed by atoms with E-state index in [1.54, 1.807) is 0 Å². The van der Waals surface area contributed by atoms with Crippen LogP contribution in [0.2, 0.25) is 19.0 Å². The maximum atomic E-state index is 2.46. The molecule has 2 atom stereocenters. The van der Waals surface area contributed by atoms with Crippen LogP contribution in [0.4, 0.5) is 0 Å². The highest BCUT2D eigenvalue weighted by Gasteiger charge is 2.29. The van der Waals surface area contributed by atoms with E-state index in [4.69, 9.17) is 0 Å². The minimum Gasteiger partial charge on any atom is -0.0880 e. The molecule has 0 amide bonds. The number of allylic oxidation sites excluding steroid dienone is 2. The van der Waals surface area contributed by atoms with Crippen molar-refractivity contribution < 1.29 is 0 Å². The number of fused-ring (bicyclic) bond motifs is 2. The molecule has 0 saturated carbocycles. The Hall–Kier alpha value is -0.195. The van der Waals surface area contributed by atoms with Gasteiger partial charge in [0.2, 0.25) is 0 Å². The van der Waals surface area contributed by atoms with E-state index in [9.17, 15) is 0 Å². The quantitative estimate of drug-likeness (QED) is 0.396. The first-order valence-electron chi connectivity index (χ1n) is 5.05. The summed E-state index contributed by atoms with van der Waals surface area (Å²) >= 11 is 0. The Kier molecular flexibility index (Phi) is 2.06. The van der Waals surface area contributed by atoms with Crippen LogP contribution in [0.25, 0.3) is 0 Å². The van der Waals surface area contributed by atoms with Crippen LogP contribution >= 0.6 is 0 Å². The molecule has 1 aliphatic heterocycles. The van der Waals surface area contributed by atoms with Crippen LogP contribution in [0.15, 0.2) is 12.2 Å². The lowest BCUT2D eigenvalue weighted by atomic mass is 9.35. The van der Waals surface area contributed by atoms with Gasteiger partial charge in [-0.3, -0.25) is 0 Å². The van der Waals surface area contributed by atoms with Crippen molar-refractivity contribution in [3.63, 3.8) is 0 Å². The van der Waals surface area contributed by atoms with Crippen molar-refractivity contribution in [2.24, 2.45) is 11.8 Å². The Balaban J connectivity index is 2.02. The summed E-state index contributed by atoms with van der Waals surface area (Å²) in [6.45, 7) is 3.39. The molecular formula is C10H17B. The Bertz CT molecular complexity index is 162. The molecule has 1 heteroatoms. The van der Waals surface area contributed by atoms with Gasteiger partial charge in [-0.25, -0.2) is 0 Å². The zero-order valence-electron chi connectivity index (χ0n) is 7.42. The van der Waals surface area contributed by atoms with Crippen molar-refractivity contribution in [1.82, 2.24) is 0 Å². The van der Waals surface area contributed by atoms with Crippen LogP contribution in [0.1, 0.15) is 19.8 Å². The average molecular weight is 148 g/mol. The highest BCUT2D eigenvalue weighted by molar-refractivity contribution is 6.59. The monoisotopic (exact) mass is 148 g/mol. The normalized spacial score (nSPS) is 35.9. The standard InChI is InChI=1S/C10H17B/c1-2-11-7-9-4-3-5-10(6-9)8-11/h3-4,9-10H,2,5-8H2,1H3/t9-,10+/m1/s1. The van der Waals surface area contributed by atoms with Gasteiger partial charge < -0.3 is 0 Å². The van der Waals surface area contributed by atoms with Crippen LogP contribution in [-0.4, -0.2) is 6.71 Å². The van der Waals surface area contributed by atoms with Crippen LogP contribution in [0.5, 0.6) is 0 Å². The summed E-state index contributed by atoms with van der Waals surface area (Å²) in [5.41, 5.74) is 0. The van der Waals surface area contributed by atoms with Gasteiger partial charge in [0.25, 0.3) is 0 Å². The third-order valence-corrected chi connectivity index (χ3v) is 3.39. The molecule has 60 valence electrons. The fourth-order valence-corrected chi connectivity index (χ4v) is 2.76. The number of rotatable bonds is 1. The van der Waals surface area contributed by atoms with Gasteiger partial charge in [-0.1, -0.05) is 38.0 Å². The first kappa shape index (κ1) is 7.45. The molecule has 0 aromatic heterocycles. The maximum Gasteiger partial charge on any atom is 0.140 e. The fourth-order valence-electron chi connectivity index (χ4n) is 2.76.